The highest BCUT2D eigenvalue weighted by Crippen LogP contribution is 2.48. The Bertz CT molecular complexity index is 486. The molecule has 0 heterocycles. The van der Waals surface area contributed by atoms with Crippen LogP contribution in [-0.4, -0.2) is 18.5 Å². The van der Waals surface area contributed by atoms with Crippen LogP contribution in [0.5, 0.6) is 0 Å². The fourth-order valence-corrected chi connectivity index (χ4v) is 7.15. The second kappa shape index (κ2) is 11.6. The topological polar surface area (TPSA) is 0 Å². The highest BCUT2D eigenvalue weighted by molar-refractivity contribution is 4.96. The van der Waals surface area contributed by atoms with Gasteiger partial charge in [0.25, 0.3) is 0 Å². The van der Waals surface area contributed by atoms with Gasteiger partial charge in [-0.2, -0.15) is 0 Å². The van der Waals surface area contributed by atoms with Crippen molar-refractivity contribution in [3.63, 3.8) is 0 Å². The van der Waals surface area contributed by atoms with E-state index in [1.807, 2.05) is 6.92 Å². The normalized spacial score (nSPS) is 44.0. The second-order valence-electron chi connectivity index (χ2n) is 11.5. The van der Waals surface area contributed by atoms with E-state index in [4.69, 9.17) is 0 Å². The molecule has 0 spiro atoms. The van der Waals surface area contributed by atoms with Crippen LogP contribution in [0.25, 0.3) is 0 Å². The van der Waals surface area contributed by atoms with Crippen LogP contribution in [0.3, 0.4) is 0 Å². The lowest BCUT2D eigenvalue weighted by Gasteiger charge is -2.45. The van der Waals surface area contributed by atoms with Gasteiger partial charge in [0.1, 0.15) is 18.5 Å². The highest BCUT2D eigenvalue weighted by atomic mass is 19.2. The molecule has 3 aliphatic carbocycles. The van der Waals surface area contributed by atoms with E-state index in [2.05, 4.69) is 13.8 Å². The SMILES string of the molecule is CCCC(C)CCCC1CCC(C2CCC(C3CCC(C)C(F)C3)C(F)C2F)CC1. The minimum Gasteiger partial charge on any atom is -0.247 e. The summed E-state index contributed by atoms with van der Waals surface area (Å²) in [5.41, 5.74) is 0. The number of rotatable bonds is 8. The van der Waals surface area contributed by atoms with E-state index in [-0.39, 0.29) is 23.7 Å². The van der Waals surface area contributed by atoms with Crippen LogP contribution in [0.4, 0.5) is 13.2 Å². The molecular formula is C27H47F3. The number of halogens is 3. The zero-order valence-electron chi connectivity index (χ0n) is 19.8. The van der Waals surface area contributed by atoms with Crippen molar-refractivity contribution in [1.82, 2.24) is 0 Å². The largest absolute Gasteiger partial charge is 0.247 e. The van der Waals surface area contributed by atoms with E-state index in [9.17, 15) is 4.39 Å². The maximum absolute atomic E-state index is 15.2. The first-order chi connectivity index (χ1) is 14.4. The molecule has 0 aromatic rings. The molecule has 3 saturated carbocycles. The van der Waals surface area contributed by atoms with Crippen LogP contribution < -0.4 is 0 Å². The minimum atomic E-state index is -1.37. The van der Waals surface area contributed by atoms with E-state index in [0.29, 0.717) is 12.3 Å². The molecule has 0 aliphatic heterocycles. The van der Waals surface area contributed by atoms with Crippen molar-refractivity contribution in [3.8, 4) is 0 Å². The standard InChI is InChI=1S/C27H47F3/c1-4-6-18(2)7-5-8-20-10-13-21(14-11-20)23-15-16-24(27(30)26(23)29)22-12-9-19(3)25(28)17-22/h18-27H,4-17H2,1-3H3. The first-order valence-electron chi connectivity index (χ1n) is 13.3. The van der Waals surface area contributed by atoms with Gasteiger partial charge in [-0.05, 0) is 86.4 Å². The fraction of sp³-hybridized carbons (Fsp3) is 1.00. The average Bonchev–Trinajstić information content (AvgIpc) is 2.73. The van der Waals surface area contributed by atoms with Crippen LogP contribution in [0.15, 0.2) is 0 Å². The van der Waals surface area contributed by atoms with Crippen molar-refractivity contribution >= 4 is 0 Å². The lowest BCUT2D eigenvalue weighted by atomic mass is 9.63. The highest BCUT2D eigenvalue weighted by Gasteiger charge is 2.47. The third-order valence-electron chi connectivity index (χ3n) is 9.29. The summed E-state index contributed by atoms with van der Waals surface area (Å²) in [5.74, 6) is 1.81. The van der Waals surface area contributed by atoms with Crippen molar-refractivity contribution < 1.29 is 13.2 Å². The van der Waals surface area contributed by atoms with Gasteiger partial charge >= 0.3 is 0 Å². The zero-order chi connectivity index (χ0) is 21.7. The Morgan fingerprint density at radius 2 is 1.37 bits per heavy atom. The summed E-state index contributed by atoms with van der Waals surface area (Å²) in [4.78, 5) is 0. The molecule has 8 unspecified atom stereocenters. The van der Waals surface area contributed by atoms with E-state index in [1.165, 1.54) is 44.9 Å². The molecule has 30 heavy (non-hydrogen) atoms. The number of alkyl halides is 3. The molecular weight excluding hydrogens is 381 g/mol. The molecule has 8 atom stereocenters. The van der Waals surface area contributed by atoms with E-state index in [1.54, 1.807) is 0 Å². The Labute approximate surface area is 184 Å². The monoisotopic (exact) mass is 428 g/mol. The fourth-order valence-electron chi connectivity index (χ4n) is 7.15. The van der Waals surface area contributed by atoms with Crippen LogP contribution in [0, 0.1) is 41.4 Å². The summed E-state index contributed by atoms with van der Waals surface area (Å²) >= 11 is 0. The minimum absolute atomic E-state index is 0.0521. The number of hydrogen-bond acceptors (Lipinski definition) is 0. The molecule has 3 heteroatoms. The zero-order valence-corrected chi connectivity index (χ0v) is 19.8. The summed E-state index contributed by atoms with van der Waals surface area (Å²) < 4.78 is 44.5. The molecule has 0 bridgehead atoms. The summed E-state index contributed by atoms with van der Waals surface area (Å²) in [6.45, 7) is 6.58. The van der Waals surface area contributed by atoms with Crippen LogP contribution in [-0.2, 0) is 0 Å². The molecule has 3 aliphatic rings. The lowest BCUT2D eigenvalue weighted by Crippen LogP contribution is -2.45. The van der Waals surface area contributed by atoms with Gasteiger partial charge in [-0.3, -0.25) is 0 Å². The lowest BCUT2D eigenvalue weighted by molar-refractivity contribution is -0.0436. The summed E-state index contributed by atoms with van der Waals surface area (Å²) in [6.07, 6.45) is 11.4. The van der Waals surface area contributed by atoms with Crippen LogP contribution >= 0.6 is 0 Å². The van der Waals surface area contributed by atoms with Crippen molar-refractivity contribution in [2.45, 2.75) is 129 Å². The summed E-state index contributed by atoms with van der Waals surface area (Å²) in [6, 6.07) is 0. The number of hydrogen-bond donors (Lipinski definition) is 0. The Kier molecular flexibility index (Phi) is 9.44. The average molecular weight is 429 g/mol. The van der Waals surface area contributed by atoms with Gasteiger partial charge in [0.2, 0.25) is 0 Å². The van der Waals surface area contributed by atoms with Gasteiger partial charge in [-0.1, -0.05) is 65.7 Å². The first kappa shape index (κ1) is 24.4. The van der Waals surface area contributed by atoms with Gasteiger partial charge in [0.05, 0.1) is 0 Å². The van der Waals surface area contributed by atoms with Gasteiger partial charge in [0, 0.05) is 0 Å². The van der Waals surface area contributed by atoms with Gasteiger partial charge in [0.15, 0.2) is 0 Å². The Morgan fingerprint density at radius 3 is 1.97 bits per heavy atom. The Morgan fingerprint density at radius 1 is 0.767 bits per heavy atom. The van der Waals surface area contributed by atoms with E-state index < -0.39 is 18.5 Å². The predicted octanol–water partition coefficient (Wildman–Crippen LogP) is 8.88. The molecule has 176 valence electrons. The molecule has 0 aromatic carbocycles. The molecule has 0 saturated heterocycles. The predicted molar refractivity (Wildman–Crippen MR) is 121 cm³/mol. The third-order valence-corrected chi connectivity index (χ3v) is 9.29. The molecule has 0 N–H and O–H groups in total. The van der Waals surface area contributed by atoms with Crippen molar-refractivity contribution in [3.05, 3.63) is 0 Å². The molecule has 0 amide bonds. The van der Waals surface area contributed by atoms with E-state index in [0.717, 1.165) is 50.4 Å². The van der Waals surface area contributed by atoms with Crippen LogP contribution in [0.2, 0.25) is 0 Å². The molecule has 0 nitrogen and oxygen atoms in total. The molecule has 0 aromatic heterocycles. The smallest absolute Gasteiger partial charge is 0.134 e. The molecule has 3 rings (SSSR count). The Hall–Kier alpha value is -0.210. The quantitative estimate of drug-likeness (QED) is 0.362. The maximum atomic E-state index is 15.2. The molecule has 0 radical (unpaired) electrons. The van der Waals surface area contributed by atoms with E-state index >= 15 is 8.78 Å². The Balaban J connectivity index is 1.41. The van der Waals surface area contributed by atoms with Crippen molar-refractivity contribution in [2.75, 3.05) is 0 Å². The maximum Gasteiger partial charge on any atom is 0.134 e. The van der Waals surface area contributed by atoms with Crippen molar-refractivity contribution in [1.29, 1.82) is 0 Å². The van der Waals surface area contributed by atoms with Gasteiger partial charge in [-0.25, -0.2) is 13.2 Å². The van der Waals surface area contributed by atoms with Crippen molar-refractivity contribution in [2.24, 2.45) is 41.4 Å². The summed E-state index contributed by atoms with van der Waals surface area (Å²) in [5, 5.41) is 0. The van der Waals surface area contributed by atoms with Crippen LogP contribution in [0.1, 0.15) is 111 Å². The molecule has 3 fully saturated rings. The second-order valence-corrected chi connectivity index (χ2v) is 11.5. The van der Waals surface area contributed by atoms with Gasteiger partial charge < -0.3 is 0 Å². The third kappa shape index (κ3) is 6.18. The summed E-state index contributed by atoms with van der Waals surface area (Å²) in [7, 11) is 0. The first-order valence-corrected chi connectivity index (χ1v) is 13.3. The van der Waals surface area contributed by atoms with Gasteiger partial charge in [-0.15, -0.1) is 0 Å².